The maximum atomic E-state index is 12.8. The molecule has 3 rings (SSSR count). The smallest absolute Gasteiger partial charge is 0.341 e. The molecule has 0 spiro atoms. The molecule has 1 aromatic carbocycles. The van der Waals surface area contributed by atoms with Crippen LogP contribution in [0, 0.1) is 13.8 Å². The lowest BCUT2D eigenvalue weighted by molar-refractivity contribution is -0.122. The number of amides is 1. The Hall–Kier alpha value is -2.34. The van der Waals surface area contributed by atoms with Crippen LogP contribution in [-0.4, -0.2) is 24.6 Å². The van der Waals surface area contributed by atoms with Gasteiger partial charge in [0.05, 0.1) is 12.2 Å². The minimum Gasteiger partial charge on any atom is -0.481 e. The quantitative estimate of drug-likeness (QED) is 0.705. The predicted octanol–water partition coefficient (Wildman–Crippen LogP) is 4.83. The van der Waals surface area contributed by atoms with Crippen molar-refractivity contribution in [3.63, 3.8) is 0 Å². The van der Waals surface area contributed by atoms with Crippen LogP contribution in [0.2, 0.25) is 0 Å². The molecule has 5 nitrogen and oxygen atoms in total. The van der Waals surface area contributed by atoms with E-state index in [1.165, 1.54) is 16.2 Å². The second-order valence-electron chi connectivity index (χ2n) is 7.15. The Labute approximate surface area is 170 Å². The monoisotopic (exact) mass is 401 g/mol. The van der Waals surface area contributed by atoms with Gasteiger partial charge in [0.15, 0.2) is 6.10 Å². The van der Waals surface area contributed by atoms with Crippen molar-refractivity contribution in [1.29, 1.82) is 0 Å². The molecule has 1 aliphatic carbocycles. The van der Waals surface area contributed by atoms with Gasteiger partial charge in [-0.05, 0) is 76.1 Å². The highest BCUT2D eigenvalue weighted by molar-refractivity contribution is 7.17. The van der Waals surface area contributed by atoms with Crippen LogP contribution in [-0.2, 0) is 22.4 Å². The zero-order valence-corrected chi connectivity index (χ0v) is 17.7. The van der Waals surface area contributed by atoms with Crippen molar-refractivity contribution in [2.75, 3.05) is 11.9 Å². The van der Waals surface area contributed by atoms with Gasteiger partial charge in [0.1, 0.15) is 10.8 Å². The molecule has 0 fully saturated rings. The number of carbonyl (C=O) groups excluding carboxylic acids is 2. The minimum absolute atomic E-state index is 0.273. The summed E-state index contributed by atoms with van der Waals surface area (Å²) in [5, 5.41) is 3.49. The molecule has 2 aromatic rings. The molecule has 1 atom stereocenters. The fraction of sp³-hybridized carbons (Fsp3) is 0.455. The van der Waals surface area contributed by atoms with Gasteiger partial charge in [0, 0.05) is 4.88 Å². The van der Waals surface area contributed by atoms with E-state index in [1.807, 2.05) is 32.0 Å². The van der Waals surface area contributed by atoms with E-state index in [0.29, 0.717) is 22.9 Å². The summed E-state index contributed by atoms with van der Waals surface area (Å²) >= 11 is 1.49. The van der Waals surface area contributed by atoms with Crippen LogP contribution < -0.4 is 10.1 Å². The van der Waals surface area contributed by atoms with Crippen LogP contribution in [0.3, 0.4) is 0 Å². The molecule has 6 heteroatoms. The summed E-state index contributed by atoms with van der Waals surface area (Å²) in [5.74, 6) is 0.0593. The number of rotatable bonds is 6. The maximum absolute atomic E-state index is 12.8. The lowest BCUT2D eigenvalue weighted by Gasteiger charge is -2.17. The number of benzene rings is 1. The molecule has 1 aromatic heterocycles. The van der Waals surface area contributed by atoms with Crippen LogP contribution in [0.1, 0.15) is 58.6 Å². The Morgan fingerprint density at radius 3 is 2.71 bits per heavy atom. The number of fused-ring (bicyclic) bond motifs is 1. The number of nitrogens with one attached hydrogen (secondary N) is 1. The highest BCUT2D eigenvalue weighted by Gasteiger charge is 2.28. The van der Waals surface area contributed by atoms with Crippen molar-refractivity contribution >= 4 is 28.2 Å². The van der Waals surface area contributed by atoms with Gasteiger partial charge >= 0.3 is 5.97 Å². The number of esters is 1. The number of carbonyl (C=O) groups is 2. The van der Waals surface area contributed by atoms with Crippen molar-refractivity contribution in [1.82, 2.24) is 0 Å². The zero-order valence-electron chi connectivity index (χ0n) is 16.9. The van der Waals surface area contributed by atoms with Gasteiger partial charge in [0.25, 0.3) is 5.91 Å². The second kappa shape index (κ2) is 8.78. The van der Waals surface area contributed by atoms with E-state index in [-0.39, 0.29) is 11.9 Å². The number of anilines is 1. The Morgan fingerprint density at radius 2 is 1.96 bits per heavy atom. The summed E-state index contributed by atoms with van der Waals surface area (Å²) in [5.41, 5.74) is 3.61. The van der Waals surface area contributed by atoms with E-state index in [4.69, 9.17) is 9.47 Å². The number of thiophene rings is 1. The maximum Gasteiger partial charge on any atom is 0.341 e. The summed E-state index contributed by atoms with van der Waals surface area (Å²) in [7, 11) is 0. The lowest BCUT2D eigenvalue weighted by atomic mass is 9.95. The van der Waals surface area contributed by atoms with Crippen LogP contribution in [0.15, 0.2) is 18.2 Å². The first-order valence-corrected chi connectivity index (χ1v) is 10.6. The van der Waals surface area contributed by atoms with E-state index in [9.17, 15) is 9.59 Å². The van der Waals surface area contributed by atoms with E-state index in [0.717, 1.165) is 42.4 Å². The van der Waals surface area contributed by atoms with Crippen molar-refractivity contribution in [2.24, 2.45) is 0 Å². The Bertz CT molecular complexity index is 887. The molecule has 0 radical (unpaired) electrons. The molecule has 1 amide bonds. The molecule has 150 valence electrons. The molecule has 0 saturated carbocycles. The predicted molar refractivity (Wildman–Crippen MR) is 112 cm³/mol. The first-order valence-electron chi connectivity index (χ1n) is 9.77. The highest BCUT2D eigenvalue weighted by Crippen LogP contribution is 2.38. The van der Waals surface area contributed by atoms with Crippen LogP contribution in [0.25, 0.3) is 0 Å². The zero-order chi connectivity index (χ0) is 20.3. The van der Waals surface area contributed by atoms with Crippen molar-refractivity contribution in [3.05, 3.63) is 45.3 Å². The van der Waals surface area contributed by atoms with Gasteiger partial charge in [-0.15, -0.1) is 11.3 Å². The third-order valence-corrected chi connectivity index (χ3v) is 6.11. The van der Waals surface area contributed by atoms with Crippen LogP contribution >= 0.6 is 11.3 Å². The molecule has 0 bridgehead atoms. The number of hydrogen-bond donors (Lipinski definition) is 1. The lowest BCUT2D eigenvalue weighted by Crippen LogP contribution is -2.30. The number of ether oxygens (including phenoxy) is 2. The standard InChI is InChI=1S/C22H27NO4S/c1-5-26-22(25)19-16-8-6-7-9-18(16)28-21(19)23-20(24)15(4)27-17-12-13(2)10-11-14(17)3/h10-12,15H,5-9H2,1-4H3,(H,23,24)/t15-/m0/s1. The first-order chi connectivity index (χ1) is 13.4. The van der Waals surface area contributed by atoms with Gasteiger partial charge in [-0.3, -0.25) is 4.79 Å². The average Bonchev–Trinajstić information content (AvgIpc) is 3.02. The Morgan fingerprint density at radius 1 is 1.21 bits per heavy atom. The topological polar surface area (TPSA) is 64.6 Å². The van der Waals surface area contributed by atoms with Gasteiger partial charge in [-0.1, -0.05) is 12.1 Å². The molecule has 1 heterocycles. The minimum atomic E-state index is -0.685. The average molecular weight is 402 g/mol. The molecular formula is C22H27NO4S. The molecule has 1 aliphatic rings. The fourth-order valence-electron chi connectivity index (χ4n) is 3.36. The van der Waals surface area contributed by atoms with Gasteiger partial charge in [0.2, 0.25) is 0 Å². The summed E-state index contributed by atoms with van der Waals surface area (Å²) in [4.78, 5) is 26.5. The molecule has 0 saturated heterocycles. The van der Waals surface area contributed by atoms with Gasteiger partial charge in [-0.25, -0.2) is 4.79 Å². The van der Waals surface area contributed by atoms with E-state index in [2.05, 4.69) is 5.32 Å². The second-order valence-corrected chi connectivity index (χ2v) is 8.26. The van der Waals surface area contributed by atoms with Gasteiger partial charge in [-0.2, -0.15) is 0 Å². The molecule has 0 aliphatic heterocycles. The largest absolute Gasteiger partial charge is 0.481 e. The molecule has 0 unspecified atom stereocenters. The van der Waals surface area contributed by atoms with Crippen molar-refractivity contribution in [3.8, 4) is 5.75 Å². The van der Waals surface area contributed by atoms with E-state index >= 15 is 0 Å². The molecule has 28 heavy (non-hydrogen) atoms. The third-order valence-electron chi connectivity index (χ3n) is 4.90. The SMILES string of the molecule is CCOC(=O)c1c(NC(=O)[C@H](C)Oc2cc(C)ccc2C)sc2c1CCCC2. The Kier molecular flexibility index (Phi) is 6.39. The third kappa shape index (κ3) is 4.38. The van der Waals surface area contributed by atoms with E-state index in [1.54, 1.807) is 13.8 Å². The fourth-order valence-corrected chi connectivity index (χ4v) is 4.65. The van der Waals surface area contributed by atoms with Crippen LogP contribution in [0.5, 0.6) is 5.75 Å². The van der Waals surface area contributed by atoms with Crippen molar-refractivity contribution in [2.45, 2.75) is 59.5 Å². The Balaban J connectivity index is 1.80. The summed E-state index contributed by atoms with van der Waals surface area (Å²) in [6.07, 6.45) is 3.27. The summed E-state index contributed by atoms with van der Waals surface area (Å²) in [6, 6.07) is 5.91. The molecule has 1 N–H and O–H groups in total. The number of hydrogen-bond acceptors (Lipinski definition) is 5. The van der Waals surface area contributed by atoms with Crippen LogP contribution in [0.4, 0.5) is 5.00 Å². The van der Waals surface area contributed by atoms with Gasteiger partial charge < -0.3 is 14.8 Å². The summed E-state index contributed by atoms with van der Waals surface area (Å²) in [6.45, 7) is 7.75. The van der Waals surface area contributed by atoms with E-state index < -0.39 is 6.10 Å². The summed E-state index contributed by atoms with van der Waals surface area (Å²) < 4.78 is 11.1. The van der Waals surface area contributed by atoms with Crippen molar-refractivity contribution < 1.29 is 19.1 Å². The highest BCUT2D eigenvalue weighted by atomic mass is 32.1. The number of aryl methyl sites for hydroxylation is 3. The first kappa shape index (κ1) is 20.4. The molecular weight excluding hydrogens is 374 g/mol. The normalized spacial score (nSPS) is 14.1.